The molecule has 1 heterocycles. The minimum absolute atomic E-state index is 0.254. The van der Waals surface area contributed by atoms with E-state index < -0.39 is 0 Å². The summed E-state index contributed by atoms with van der Waals surface area (Å²) in [6.45, 7) is 3.26. The molecule has 1 fully saturated rings. The van der Waals surface area contributed by atoms with Gasteiger partial charge in [-0.3, -0.25) is 19.3 Å². The first-order chi connectivity index (χ1) is 11.5. The van der Waals surface area contributed by atoms with Gasteiger partial charge >= 0.3 is 0 Å². The largest absolute Gasteiger partial charge is 0.324 e. The van der Waals surface area contributed by atoms with Gasteiger partial charge in [0.1, 0.15) is 6.54 Å². The second kappa shape index (κ2) is 6.65. The SMILES string of the molecule is C[C@@H]1S[C@@H](C)C(=O)N(CC(=O)Nc2cccc3ccccc23)C1=O. The highest BCUT2D eigenvalue weighted by Gasteiger charge is 2.38. The Bertz CT molecular complexity index is 796. The summed E-state index contributed by atoms with van der Waals surface area (Å²) >= 11 is 1.32. The Labute approximate surface area is 144 Å². The summed E-state index contributed by atoms with van der Waals surface area (Å²) in [6, 6.07) is 13.3. The zero-order chi connectivity index (χ0) is 17.3. The minimum Gasteiger partial charge on any atom is -0.324 e. The van der Waals surface area contributed by atoms with E-state index in [1.807, 2.05) is 36.4 Å². The van der Waals surface area contributed by atoms with E-state index in [1.165, 1.54) is 11.8 Å². The Morgan fingerprint density at radius 2 is 1.67 bits per heavy atom. The van der Waals surface area contributed by atoms with Crippen molar-refractivity contribution < 1.29 is 14.4 Å². The Morgan fingerprint density at radius 3 is 2.38 bits per heavy atom. The van der Waals surface area contributed by atoms with Gasteiger partial charge in [0, 0.05) is 11.1 Å². The van der Waals surface area contributed by atoms with Crippen LogP contribution in [0, 0.1) is 0 Å². The van der Waals surface area contributed by atoms with Crippen LogP contribution in [-0.2, 0) is 14.4 Å². The van der Waals surface area contributed by atoms with Crippen LogP contribution in [0.5, 0.6) is 0 Å². The van der Waals surface area contributed by atoms with Gasteiger partial charge in [0.25, 0.3) is 0 Å². The lowest BCUT2D eigenvalue weighted by Crippen LogP contribution is -2.52. The summed E-state index contributed by atoms with van der Waals surface area (Å²) in [5.41, 5.74) is 0.672. The highest BCUT2D eigenvalue weighted by Crippen LogP contribution is 2.27. The Morgan fingerprint density at radius 1 is 1.04 bits per heavy atom. The molecule has 0 aromatic heterocycles. The lowest BCUT2D eigenvalue weighted by molar-refractivity contribution is -0.147. The van der Waals surface area contributed by atoms with E-state index in [-0.39, 0.29) is 34.8 Å². The number of hydrogen-bond donors (Lipinski definition) is 1. The number of carbonyl (C=O) groups excluding carboxylic acids is 3. The van der Waals surface area contributed by atoms with E-state index in [2.05, 4.69) is 5.32 Å². The third kappa shape index (κ3) is 3.14. The molecule has 0 spiro atoms. The minimum atomic E-state index is -0.376. The number of benzene rings is 2. The number of rotatable bonds is 3. The Kier molecular flexibility index (Phi) is 4.57. The van der Waals surface area contributed by atoms with Gasteiger partial charge in [0.2, 0.25) is 17.7 Å². The number of amides is 3. The third-order valence-corrected chi connectivity index (χ3v) is 5.22. The number of imide groups is 1. The molecule has 5 nitrogen and oxygen atoms in total. The normalized spacial score (nSPS) is 21.2. The van der Waals surface area contributed by atoms with Gasteiger partial charge in [-0.05, 0) is 25.3 Å². The first-order valence-electron chi connectivity index (χ1n) is 7.75. The lowest BCUT2D eigenvalue weighted by atomic mass is 10.1. The summed E-state index contributed by atoms with van der Waals surface area (Å²) in [4.78, 5) is 37.8. The lowest BCUT2D eigenvalue weighted by Gasteiger charge is -2.31. The molecule has 2 atom stereocenters. The van der Waals surface area contributed by atoms with Crippen molar-refractivity contribution in [3.05, 3.63) is 42.5 Å². The van der Waals surface area contributed by atoms with Crippen LogP contribution in [0.2, 0.25) is 0 Å². The van der Waals surface area contributed by atoms with Crippen LogP contribution in [0.1, 0.15) is 13.8 Å². The predicted molar refractivity (Wildman–Crippen MR) is 95.8 cm³/mol. The molecule has 3 amide bonds. The fourth-order valence-corrected chi connectivity index (χ4v) is 3.89. The van der Waals surface area contributed by atoms with Gasteiger partial charge in [-0.2, -0.15) is 0 Å². The van der Waals surface area contributed by atoms with Gasteiger partial charge in [0.15, 0.2) is 0 Å². The number of nitrogens with one attached hydrogen (secondary N) is 1. The van der Waals surface area contributed by atoms with Crippen molar-refractivity contribution in [2.75, 3.05) is 11.9 Å². The molecule has 2 aromatic carbocycles. The first kappa shape index (κ1) is 16.5. The molecule has 0 unspecified atom stereocenters. The molecule has 0 bridgehead atoms. The zero-order valence-electron chi connectivity index (χ0n) is 13.5. The predicted octanol–water partition coefficient (Wildman–Crippen LogP) is 2.66. The summed E-state index contributed by atoms with van der Waals surface area (Å²) in [5, 5.41) is 4.11. The first-order valence-corrected chi connectivity index (χ1v) is 8.70. The van der Waals surface area contributed by atoms with Crippen LogP contribution in [0.25, 0.3) is 10.8 Å². The fraction of sp³-hybridized carbons (Fsp3) is 0.278. The number of thioether (sulfide) groups is 1. The van der Waals surface area contributed by atoms with Crippen LogP contribution in [0.4, 0.5) is 5.69 Å². The van der Waals surface area contributed by atoms with Crippen molar-refractivity contribution in [2.45, 2.75) is 24.3 Å². The molecular weight excluding hydrogens is 324 g/mol. The van der Waals surface area contributed by atoms with Gasteiger partial charge < -0.3 is 5.32 Å². The molecule has 0 aliphatic carbocycles. The highest BCUT2D eigenvalue weighted by molar-refractivity contribution is 8.02. The van der Waals surface area contributed by atoms with Crippen molar-refractivity contribution in [3.63, 3.8) is 0 Å². The van der Waals surface area contributed by atoms with Gasteiger partial charge in [-0.1, -0.05) is 36.4 Å². The summed E-state index contributed by atoms with van der Waals surface area (Å²) < 4.78 is 0. The third-order valence-electron chi connectivity index (χ3n) is 4.00. The average Bonchev–Trinajstić information content (AvgIpc) is 2.57. The van der Waals surface area contributed by atoms with Crippen LogP contribution >= 0.6 is 11.8 Å². The van der Waals surface area contributed by atoms with Crippen LogP contribution < -0.4 is 5.32 Å². The molecule has 0 radical (unpaired) electrons. The van der Waals surface area contributed by atoms with E-state index in [0.29, 0.717) is 5.69 Å². The van der Waals surface area contributed by atoms with E-state index in [9.17, 15) is 14.4 Å². The highest BCUT2D eigenvalue weighted by atomic mass is 32.2. The Balaban J connectivity index is 1.77. The van der Waals surface area contributed by atoms with Crippen LogP contribution in [-0.4, -0.2) is 39.7 Å². The smallest absolute Gasteiger partial charge is 0.244 e. The van der Waals surface area contributed by atoms with E-state index >= 15 is 0 Å². The van der Waals surface area contributed by atoms with Crippen molar-refractivity contribution in [1.29, 1.82) is 0 Å². The van der Waals surface area contributed by atoms with E-state index in [1.54, 1.807) is 19.9 Å². The van der Waals surface area contributed by atoms with Crippen molar-refractivity contribution in [1.82, 2.24) is 4.90 Å². The summed E-state index contributed by atoms with van der Waals surface area (Å²) in [6.07, 6.45) is 0. The average molecular weight is 342 g/mol. The number of carbonyl (C=O) groups is 3. The van der Waals surface area contributed by atoms with E-state index in [0.717, 1.165) is 15.7 Å². The van der Waals surface area contributed by atoms with Crippen molar-refractivity contribution in [3.8, 4) is 0 Å². The number of nitrogens with zero attached hydrogens (tertiary/aromatic N) is 1. The van der Waals surface area contributed by atoms with Gasteiger partial charge in [0.05, 0.1) is 10.5 Å². The van der Waals surface area contributed by atoms with Gasteiger partial charge in [-0.25, -0.2) is 0 Å². The number of fused-ring (bicyclic) bond motifs is 1. The fourth-order valence-electron chi connectivity index (χ4n) is 2.79. The molecule has 3 rings (SSSR count). The second-order valence-corrected chi connectivity index (χ2v) is 7.44. The number of hydrogen-bond acceptors (Lipinski definition) is 4. The van der Waals surface area contributed by atoms with Crippen molar-refractivity contribution >= 4 is 45.9 Å². The molecule has 2 aromatic rings. The molecular formula is C18H18N2O3S. The number of anilines is 1. The second-order valence-electron chi connectivity index (χ2n) is 5.76. The van der Waals surface area contributed by atoms with E-state index in [4.69, 9.17) is 0 Å². The molecule has 0 saturated carbocycles. The van der Waals surface area contributed by atoms with Gasteiger partial charge in [-0.15, -0.1) is 11.8 Å². The molecule has 1 N–H and O–H groups in total. The molecule has 1 saturated heterocycles. The molecule has 1 aliphatic rings. The Hall–Kier alpha value is -2.34. The quantitative estimate of drug-likeness (QED) is 0.871. The van der Waals surface area contributed by atoms with Crippen molar-refractivity contribution in [2.24, 2.45) is 0 Å². The standard InChI is InChI=1S/C18H18N2O3S/c1-11-17(22)20(18(23)12(2)24-11)10-16(21)19-15-9-5-7-13-6-3-4-8-14(13)15/h3-9,11-12H,10H2,1-2H3,(H,19,21)/t11-,12-/m0/s1. The molecule has 1 aliphatic heterocycles. The molecule has 124 valence electrons. The van der Waals surface area contributed by atoms with Crippen LogP contribution in [0.3, 0.4) is 0 Å². The maximum absolute atomic E-state index is 12.4. The maximum atomic E-state index is 12.4. The maximum Gasteiger partial charge on any atom is 0.244 e. The van der Waals surface area contributed by atoms with Crippen LogP contribution in [0.15, 0.2) is 42.5 Å². The summed E-state index contributed by atoms with van der Waals surface area (Å²) in [5.74, 6) is -0.994. The monoisotopic (exact) mass is 342 g/mol. The molecule has 24 heavy (non-hydrogen) atoms. The summed E-state index contributed by atoms with van der Waals surface area (Å²) in [7, 11) is 0. The molecule has 6 heteroatoms. The zero-order valence-corrected chi connectivity index (χ0v) is 14.3. The topological polar surface area (TPSA) is 66.5 Å².